The Bertz CT molecular complexity index is 2790. The molecule has 0 fully saturated rings. The Morgan fingerprint density at radius 1 is 0.385 bits per heavy atom. The Hall–Kier alpha value is -6.84. The molecule has 11 rings (SSSR count). The van der Waals surface area contributed by atoms with Crippen molar-refractivity contribution in [3.63, 3.8) is 0 Å². The number of fused-ring (bicyclic) bond motifs is 11. The first-order valence-corrected chi connectivity index (χ1v) is 17.7. The summed E-state index contributed by atoms with van der Waals surface area (Å²) in [6.07, 6.45) is 3.72. The Morgan fingerprint density at radius 2 is 0.981 bits per heavy atom. The van der Waals surface area contributed by atoms with Crippen LogP contribution in [0.5, 0.6) is 0 Å². The van der Waals surface area contributed by atoms with Gasteiger partial charge in [-0.3, -0.25) is 4.98 Å². The van der Waals surface area contributed by atoms with Crippen molar-refractivity contribution < 1.29 is 4.42 Å². The van der Waals surface area contributed by atoms with Crippen LogP contribution in [0.2, 0.25) is 0 Å². The van der Waals surface area contributed by atoms with E-state index in [9.17, 15) is 0 Å². The van der Waals surface area contributed by atoms with Gasteiger partial charge in [-0.2, -0.15) is 0 Å². The van der Waals surface area contributed by atoms with Crippen LogP contribution >= 0.6 is 0 Å². The third-order valence-electron chi connectivity index (χ3n) is 11.0. The molecule has 0 amide bonds. The van der Waals surface area contributed by atoms with Crippen molar-refractivity contribution in [3.8, 4) is 67.1 Å². The van der Waals surface area contributed by atoms with E-state index >= 15 is 0 Å². The maximum atomic E-state index is 6.60. The lowest BCUT2D eigenvalue weighted by atomic mass is 9.70. The number of benzene rings is 7. The van der Waals surface area contributed by atoms with Crippen LogP contribution in [0.25, 0.3) is 78.2 Å². The Balaban J connectivity index is 1.16. The van der Waals surface area contributed by atoms with E-state index in [-0.39, 0.29) is 0 Å². The molecule has 0 atom stereocenters. The minimum atomic E-state index is -0.410. The molecule has 7 aromatic carbocycles. The van der Waals surface area contributed by atoms with Crippen molar-refractivity contribution in [2.45, 2.75) is 5.41 Å². The largest absolute Gasteiger partial charge is 0.436 e. The van der Waals surface area contributed by atoms with E-state index in [4.69, 9.17) is 9.40 Å². The van der Waals surface area contributed by atoms with Gasteiger partial charge in [-0.25, -0.2) is 4.98 Å². The highest BCUT2D eigenvalue weighted by molar-refractivity contribution is 5.99. The molecular weight excluding hydrogens is 633 g/mol. The van der Waals surface area contributed by atoms with Gasteiger partial charge in [-0.05, 0) is 109 Å². The van der Waals surface area contributed by atoms with Crippen LogP contribution in [0.1, 0.15) is 22.3 Å². The van der Waals surface area contributed by atoms with Crippen molar-refractivity contribution in [3.05, 3.63) is 205 Å². The number of aromatic nitrogens is 2. The zero-order valence-electron chi connectivity index (χ0n) is 28.1. The zero-order chi connectivity index (χ0) is 34.2. The Kier molecular flexibility index (Phi) is 6.17. The predicted octanol–water partition coefficient (Wildman–Crippen LogP) is 12.2. The lowest BCUT2D eigenvalue weighted by molar-refractivity contribution is 0.620. The molecule has 3 heteroatoms. The molecule has 2 aliphatic rings. The van der Waals surface area contributed by atoms with Gasteiger partial charge in [-0.1, -0.05) is 127 Å². The molecule has 0 saturated carbocycles. The highest BCUT2D eigenvalue weighted by Crippen LogP contribution is 2.63. The summed E-state index contributed by atoms with van der Waals surface area (Å²) < 4.78 is 6.60. The van der Waals surface area contributed by atoms with Gasteiger partial charge in [-0.15, -0.1) is 0 Å². The molecule has 0 unspecified atom stereocenters. The summed E-state index contributed by atoms with van der Waals surface area (Å²) in [5.74, 6) is 0.611. The van der Waals surface area contributed by atoms with Crippen molar-refractivity contribution in [1.29, 1.82) is 0 Å². The number of hydrogen-bond acceptors (Lipinski definition) is 3. The Labute approximate surface area is 301 Å². The Morgan fingerprint density at radius 3 is 1.67 bits per heavy atom. The van der Waals surface area contributed by atoms with E-state index in [2.05, 4.69) is 138 Å². The average Bonchev–Trinajstić information content (AvgIpc) is 3.88. The summed E-state index contributed by atoms with van der Waals surface area (Å²) >= 11 is 0. The summed E-state index contributed by atoms with van der Waals surface area (Å²) in [4.78, 5) is 9.49. The van der Waals surface area contributed by atoms with E-state index in [1.807, 2.05) is 48.8 Å². The third-order valence-corrected chi connectivity index (χ3v) is 11.0. The SMILES string of the molecule is c1ccc(-c2nc3c(-c4cccc(-c5cccnc5)c4)cc(-c4ccc5c(c4)C4(c6ccccc6-c6ccccc64)c4ccccc4-5)cc3o2)cc1. The number of hydrogen-bond donors (Lipinski definition) is 0. The first-order valence-electron chi connectivity index (χ1n) is 17.7. The third kappa shape index (κ3) is 4.08. The normalized spacial score (nSPS) is 13.2. The van der Waals surface area contributed by atoms with Crippen LogP contribution in [-0.2, 0) is 5.41 Å². The molecule has 0 radical (unpaired) electrons. The van der Waals surface area contributed by atoms with Crippen LogP contribution in [0.4, 0.5) is 0 Å². The van der Waals surface area contributed by atoms with Crippen LogP contribution in [-0.4, -0.2) is 9.97 Å². The fourth-order valence-corrected chi connectivity index (χ4v) is 8.79. The van der Waals surface area contributed by atoms with Crippen molar-refractivity contribution in [2.75, 3.05) is 0 Å². The molecule has 0 aliphatic heterocycles. The van der Waals surface area contributed by atoms with Crippen LogP contribution in [0.3, 0.4) is 0 Å². The summed E-state index contributed by atoms with van der Waals surface area (Å²) in [6, 6.07) is 61.2. The zero-order valence-corrected chi connectivity index (χ0v) is 28.1. The lowest BCUT2D eigenvalue weighted by Gasteiger charge is -2.30. The summed E-state index contributed by atoms with van der Waals surface area (Å²) in [6.45, 7) is 0. The lowest BCUT2D eigenvalue weighted by Crippen LogP contribution is -2.25. The summed E-state index contributed by atoms with van der Waals surface area (Å²) in [5.41, 5.74) is 19.1. The van der Waals surface area contributed by atoms with Crippen LogP contribution in [0.15, 0.2) is 187 Å². The molecule has 52 heavy (non-hydrogen) atoms. The summed E-state index contributed by atoms with van der Waals surface area (Å²) in [5, 5.41) is 0. The monoisotopic (exact) mass is 662 g/mol. The minimum Gasteiger partial charge on any atom is -0.436 e. The van der Waals surface area contributed by atoms with Crippen LogP contribution < -0.4 is 0 Å². The fourth-order valence-electron chi connectivity index (χ4n) is 8.79. The highest BCUT2D eigenvalue weighted by atomic mass is 16.3. The van der Waals surface area contributed by atoms with E-state index in [1.54, 1.807) is 0 Å². The molecule has 2 aromatic heterocycles. The van der Waals surface area contributed by atoms with Crippen molar-refractivity contribution in [2.24, 2.45) is 0 Å². The predicted molar refractivity (Wildman–Crippen MR) is 210 cm³/mol. The van der Waals surface area contributed by atoms with Gasteiger partial charge in [0.15, 0.2) is 5.58 Å². The second-order valence-corrected chi connectivity index (χ2v) is 13.7. The minimum absolute atomic E-state index is 0.410. The van der Waals surface area contributed by atoms with E-state index in [0.29, 0.717) is 5.89 Å². The van der Waals surface area contributed by atoms with Crippen molar-refractivity contribution >= 4 is 11.1 Å². The number of oxazole rings is 1. The molecule has 1 spiro atoms. The molecule has 242 valence electrons. The molecule has 0 bridgehead atoms. The van der Waals surface area contributed by atoms with Gasteiger partial charge < -0.3 is 4.42 Å². The first kappa shape index (κ1) is 28.9. The van der Waals surface area contributed by atoms with Gasteiger partial charge in [0.05, 0.1) is 5.41 Å². The average molecular weight is 663 g/mol. The second kappa shape index (κ2) is 11.1. The van der Waals surface area contributed by atoms with E-state index in [1.165, 1.54) is 44.5 Å². The van der Waals surface area contributed by atoms with Gasteiger partial charge in [0.1, 0.15) is 5.52 Å². The molecule has 2 aliphatic carbocycles. The van der Waals surface area contributed by atoms with E-state index in [0.717, 1.165) is 50.0 Å². The van der Waals surface area contributed by atoms with Gasteiger partial charge in [0.2, 0.25) is 5.89 Å². The number of rotatable bonds is 4. The van der Waals surface area contributed by atoms with Crippen molar-refractivity contribution in [1.82, 2.24) is 9.97 Å². The maximum Gasteiger partial charge on any atom is 0.227 e. The summed E-state index contributed by atoms with van der Waals surface area (Å²) in [7, 11) is 0. The molecule has 9 aromatic rings. The van der Waals surface area contributed by atoms with Crippen LogP contribution in [0, 0.1) is 0 Å². The van der Waals surface area contributed by atoms with Gasteiger partial charge >= 0.3 is 0 Å². The topological polar surface area (TPSA) is 38.9 Å². The number of pyridine rings is 1. The highest BCUT2D eigenvalue weighted by Gasteiger charge is 2.51. The molecule has 0 saturated heterocycles. The molecule has 3 nitrogen and oxygen atoms in total. The number of nitrogens with zero attached hydrogens (tertiary/aromatic N) is 2. The molecule has 0 N–H and O–H groups in total. The standard InChI is InChI=1S/C49H30N2O/c1-2-12-31(13-3-1)48-51-47-41(34-15-10-14-32(26-34)35-16-11-25-50-30-35)27-36(29-46(47)52-48)33-23-24-40-39-19-6-9-22-44(39)49(45(40)28-33)42-20-7-4-17-37(42)38-18-5-8-21-43(38)49/h1-30H. The smallest absolute Gasteiger partial charge is 0.227 e. The van der Waals surface area contributed by atoms with Gasteiger partial charge in [0, 0.05) is 29.1 Å². The molecule has 2 heterocycles. The van der Waals surface area contributed by atoms with Gasteiger partial charge in [0.25, 0.3) is 0 Å². The first-order chi connectivity index (χ1) is 25.8. The van der Waals surface area contributed by atoms with E-state index < -0.39 is 5.41 Å². The quantitative estimate of drug-likeness (QED) is 0.188. The maximum absolute atomic E-state index is 6.60. The molecular formula is C49H30N2O. The fraction of sp³-hybridized carbons (Fsp3) is 0.0204. The second-order valence-electron chi connectivity index (χ2n) is 13.7.